The Labute approximate surface area is 89.8 Å². The van der Waals surface area contributed by atoms with Crippen LogP contribution in [0.3, 0.4) is 0 Å². The largest absolute Gasteiger partial charge is 0.396 e. The molecule has 3 nitrogen and oxygen atoms in total. The molecule has 0 radical (unpaired) electrons. The van der Waals surface area contributed by atoms with Crippen LogP contribution in [-0.2, 0) is 12.8 Å². The average molecular weight is 207 g/mol. The Kier molecular flexibility index (Phi) is 3.34. The lowest BCUT2D eigenvalue weighted by Crippen LogP contribution is -2.16. The van der Waals surface area contributed by atoms with Crippen LogP contribution in [0, 0.1) is 0 Å². The maximum atomic E-state index is 9.18. The summed E-state index contributed by atoms with van der Waals surface area (Å²) < 4.78 is 0. The standard InChI is InChI=1S/C12H17NO2/c14-7-10(8-15)12-11-4-2-1-3-9(11)5-6-13-12/h5-6,10,14-15H,1-4,7-8H2. The number of aromatic nitrogens is 1. The van der Waals surface area contributed by atoms with Gasteiger partial charge >= 0.3 is 0 Å². The normalized spacial score (nSPS) is 15.4. The van der Waals surface area contributed by atoms with Crippen LogP contribution in [-0.4, -0.2) is 28.4 Å². The van der Waals surface area contributed by atoms with Gasteiger partial charge in [-0.3, -0.25) is 4.98 Å². The molecule has 0 aromatic carbocycles. The summed E-state index contributed by atoms with van der Waals surface area (Å²) in [5.41, 5.74) is 3.51. The molecule has 1 aromatic rings. The van der Waals surface area contributed by atoms with Gasteiger partial charge in [-0.05, 0) is 42.9 Å². The molecule has 0 amide bonds. The number of fused-ring (bicyclic) bond motifs is 1. The summed E-state index contributed by atoms with van der Waals surface area (Å²) >= 11 is 0. The number of hydrogen-bond acceptors (Lipinski definition) is 3. The zero-order valence-electron chi connectivity index (χ0n) is 8.82. The fraction of sp³-hybridized carbons (Fsp3) is 0.583. The van der Waals surface area contributed by atoms with Gasteiger partial charge in [0.05, 0.1) is 18.9 Å². The van der Waals surface area contributed by atoms with Crippen LogP contribution in [0.2, 0.25) is 0 Å². The molecule has 0 unspecified atom stereocenters. The summed E-state index contributed by atoms with van der Waals surface area (Å²) in [6.45, 7) is -0.0556. The van der Waals surface area contributed by atoms with Gasteiger partial charge in [0.15, 0.2) is 0 Å². The van der Waals surface area contributed by atoms with E-state index in [1.807, 2.05) is 0 Å². The molecule has 1 aliphatic carbocycles. The van der Waals surface area contributed by atoms with E-state index in [0.29, 0.717) is 0 Å². The molecule has 0 atom stereocenters. The van der Waals surface area contributed by atoms with Crippen molar-refractivity contribution < 1.29 is 10.2 Å². The Morgan fingerprint density at radius 3 is 2.67 bits per heavy atom. The molecule has 0 saturated heterocycles. The number of aryl methyl sites for hydroxylation is 1. The maximum absolute atomic E-state index is 9.18. The first-order valence-electron chi connectivity index (χ1n) is 5.55. The third kappa shape index (κ3) is 2.03. The van der Waals surface area contributed by atoms with Gasteiger partial charge in [-0.25, -0.2) is 0 Å². The molecule has 0 aliphatic heterocycles. The number of rotatable bonds is 3. The molecule has 0 bridgehead atoms. The van der Waals surface area contributed by atoms with Gasteiger partial charge in [0.1, 0.15) is 0 Å². The van der Waals surface area contributed by atoms with Gasteiger partial charge in [0, 0.05) is 12.1 Å². The summed E-state index contributed by atoms with van der Waals surface area (Å²) in [5, 5.41) is 18.4. The molecule has 0 spiro atoms. The fourth-order valence-corrected chi connectivity index (χ4v) is 2.27. The molecule has 2 rings (SSSR count). The van der Waals surface area contributed by atoms with Gasteiger partial charge in [-0.15, -0.1) is 0 Å². The lowest BCUT2D eigenvalue weighted by molar-refractivity contribution is 0.189. The monoisotopic (exact) mass is 207 g/mol. The van der Waals surface area contributed by atoms with Crippen LogP contribution in [0.4, 0.5) is 0 Å². The second kappa shape index (κ2) is 4.73. The van der Waals surface area contributed by atoms with Crippen LogP contribution in [0.1, 0.15) is 35.6 Å². The second-order valence-electron chi connectivity index (χ2n) is 4.10. The van der Waals surface area contributed by atoms with Crippen LogP contribution in [0.5, 0.6) is 0 Å². The zero-order valence-corrected chi connectivity index (χ0v) is 8.82. The van der Waals surface area contributed by atoms with Crippen molar-refractivity contribution in [3.05, 3.63) is 29.1 Å². The van der Waals surface area contributed by atoms with Crippen molar-refractivity contribution in [2.45, 2.75) is 31.6 Å². The summed E-state index contributed by atoms with van der Waals surface area (Å²) in [6.07, 6.45) is 6.36. The van der Waals surface area contributed by atoms with Crippen LogP contribution >= 0.6 is 0 Å². The van der Waals surface area contributed by atoms with E-state index in [1.165, 1.54) is 24.0 Å². The third-order valence-electron chi connectivity index (χ3n) is 3.14. The van der Waals surface area contributed by atoms with Crippen LogP contribution in [0.25, 0.3) is 0 Å². The Morgan fingerprint density at radius 1 is 1.20 bits per heavy atom. The molecule has 1 heterocycles. The van der Waals surface area contributed by atoms with Gasteiger partial charge in [0.2, 0.25) is 0 Å². The van der Waals surface area contributed by atoms with E-state index in [4.69, 9.17) is 0 Å². The van der Waals surface area contributed by atoms with Gasteiger partial charge < -0.3 is 10.2 Å². The van der Waals surface area contributed by atoms with E-state index in [9.17, 15) is 10.2 Å². The highest BCUT2D eigenvalue weighted by Crippen LogP contribution is 2.27. The van der Waals surface area contributed by atoms with E-state index in [1.54, 1.807) is 6.20 Å². The van der Waals surface area contributed by atoms with Crippen molar-refractivity contribution in [1.82, 2.24) is 4.98 Å². The first-order chi connectivity index (χ1) is 7.36. The summed E-state index contributed by atoms with van der Waals surface area (Å²) in [5.74, 6) is -0.210. The quantitative estimate of drug-likeness (QED) is 0.778. The molecular formula is C12H17NO2. The number of hydrogen-bond donors (Lipinski definition) is 2. The Bertz CT molecular complexity index is 334. The molecule has 82 valence electrons. The summed E-state index contributed by atoms with van der Waals surface area (Å²) in [4.78, 5) is 4.31. The highest BCUT2D eigenvalue weighted by atomic mass is 16.3. The minimum absolute atomic E-state index is 0.0278. The predicted molar refractivity (Wildman–Crippen MR) is 57.8 cm³/mol. The van der Waals surface area contributed by atoms with E-state index in [0.717, 1.165) is 18.5 Å². The maximum Gasteiger partial charge on any atom is 0.0537 e. The fourth-order valence-electron chi connectivity index (χ4n) is 2.27. The predicted octanol–water partition coefficient (Wildman–Crippen LogP) is 1.03. The third-order valence-corrected chi connectivity index (χ3v) is 3.14. The van der Waals surface area contributed by atoms with Crippen molar-refractivity contribution in [2.24, 2.45) is 0 Å². The number of nitrogens with zero attached hydrogens (tertiary/aromatic N) is 1. The van der Waals surface area contributed by atoms with E-state index < -0.39 is 0 Å². The van der Waals surface area contributed by atoms with Crippen molar-refractivity contribution in [3.8, 4) is 0 Å². The highest BCUT2D eigenvalue weighted by Gasteiger charge is 2.19. The molecule has 1 aliphatic rings. The Balaban J connectivity index is 2.38. The summed E-state index contributed by atoms with van der Waals surface area (Å²) in [6, 6.07) is 2.06. The van der Waals surface area contributed by atoms with Gasteiger partial charge in [-0.2, -0.15) is 0 Å². The van der Waals surface area contributed by atoms with E-state index >= 15 is 0 Å². The first-order valence-corrected chi connectivity index (χ1v) is 5.55. The molecule has 0 fully saturated rings. The highest BCUT2D eigenvalue weighted by molar-refractivity contribution is 5.34. The topological polar surface area (TPSA) is 53.4 Å². The molecule has 3 heteroatoms. The van der Waals surface area contributed by atoms with Crippen LogP contribution < -0.4 is 0 Å². The molecule has 15 heavy (non-hydrogen) atoms. The minimum Gasteiger partial charge on any atom is -0.396 e. The summed E-state index contributed by atoms with van der Waals surface area (Å²) in [7, 11) is 0. The smallest absolute Gasteiger partial charge is 0.0537 e. The van der Waals surface area contributed by atoms with Gasteiger partial charge in [0.25, 0.3) is 0 Å². The number of aliphatic hydroxyl groups is 2. The number of pyridine rings is 1. The van der Waals surface area contributed by atoms with E-state index in [2.05, 4.69) is 11.1 Å². The van der Waals surface area contributed by atoms with Crippen molar-refractivity contribution in [3.63, 3.8) is 0 Å². The first kappa shape index (κ1) is 10.6. The minimum atomic E-state index is -0.210. The lowest BCUT2D eigenvalue weighted by Gasteiger charge is -2.21. The zero-order chi connectivity index (χ0) is 10.7. The Hall–Kier alpha value is -0.930. The molecule has 2 N–H and O–H groups in total. The van der Waals surface area contributed by atoms with Crippen molar-refractivity contribution >= 4 is 0 Å². The average Bonchev–Trinajstić information content (AvgIpc) is 2.31. The van der Waals surface area contributed by atoms with E-state index in [-0.39, 0.29) is 19.1 Å². The van der Waals surface area contributed by atoms with Gasteiger partial charge in [-0.1, -0.05) is 0 Å². The second-order valence-corrected chi connectivity index (χ2v) is 4.10. The SMILES string of the molecule is OCC(CO)c1nccc2c1CCCC2. The lowest BCUT2D eigenvalue weighted by atomic mass is 9.87. The number of aliphatic hydroxyl groups excluding tert-OH is 2. The Morgan fingerprint density at radius 2 is 1.93 bits per heavy atom. The molecule has 1 aromatic heterocycles. The molecule has 0 saturated carbocycles. The van der Waals surface area contributed by atoms with Crippen LogP contribution in [0.15, 0.2) is 12.3 Å². The molecular weight excluding hydrogens is 190 g/mol. The van der Waals surface area contributed by atoms with Crippen molar-refractivity contribution in [2.75, 3.05) is 13.2 Å². The van der Waals surface area contributed by atoms with Crippen molar-refractivity contribution in [1.29, 1.82) is 0 Å².